The van der Waals surface area contributed by atoms with Crippen molar-refractivity contribution in [2.24, 2.45) is 5.41 Å². The fraction of sp³-hybridized carbons (Fsp3) is 0.500. The molecule has 0 bridgehead atoms. The molecule has 2 rings (SSSR count). The van der Waals surface area contributed by atoms with Crippen LogP contribution in [0.1, 0.15) is 6.92 Å². The minimum Gasteiger partial charge on any atom is -0.380 e. The first-order valence-corrected chi connectivity index (χ1v) is 6.48. The van der Waals surface area contributed by atoms with E-state index in [1.165, 1.54) is 10.6 Å². The number of nitrogens with zero attached hydrogens (tertiary/aromatic N) is 1. The van der Waals surface area contributed by atoms with E-state index in [4.69, 9.17) is 4.74 Å². The van der Waals surface area contributed by atoms with Gasteiger partial charge in [0.1, 0.15) is 6.54 Å². The summed E-state index contributed by atoms with van der Waals surface area (Å²) in [5, 5.41) is 2.83. The number of rotatable bonds is 4. The van der Waals surface area contributed by atoms with Crippen LogP contribution in [-0.4, -0.2) is 30.2 Å². The summed E-state index contributed by atoms with van der Waals surface area (Å²) in [5.41, 5.74) is -0.149. The van der Waals surface area contributed by atoms with Crippen LogP contribution in [0, 0.1) is 5.41 Å². The Bertz CT molecular complexity index is 508. The summed E-state index contributed by atoms with van der Waals surface area (Å²) >= 11 is 3.27. The number of carbonyl (C=O) groups excluding carboxylic acids is 1. The molecule has 5 nitrogen and oxygen atoms in total. The molecule has 0 aromatic carbocycles. The molecule has 1 aromatic rings. The molecule has 1 aliphatic heterocycles. The molecule has 0 aliphatic carbocycles. The number of aromatic nitrogens is 1. The molecule has 1 amide bonds. The Morgan fingerprint density at radius 3 is 2.89 bits per heavy atom. The summed E-state index contributed by atoms with van der Waals surface area (Å²) in [7, 11) is 0. The third-order valence-corrected chi connectivity index (χ3v) is 3.34. The van der Waals surface area contributed by atoms with E-state index < -0.39 is 0 Å². The van der Waals surface area contributed by atoms with Crippen molar-refractivity contribution >= 4 is 21.8 Å². The van der Waals surface area contributed by atoms with Gasteiger partial charge in [-0.15, -0.1) is 0 Å². The van der Waals surface area contributed by atoms with E-state index in [1.54, 1.807) is 12.3 Å². The Morgan fingerprint density at radius 2 is 2.28 bits per heavy atom. The smallest absolute Gasteiger partial charge is 0.251 e. The predicted octanol–water partition coefficient (Wildman–Crippen LogP) is 0.763. The lowest BCUT2D eigenvalue weighted by molar-refractivity contribution is -0.127. The summed E-state index contributed by atoms with van der Waals surface area (Å²) in [4.78, 5) is 23.3. The third kappa shape index (κ3) is 3.20. The van der Waals surface area contributed by atoms with Crippen molar-refractivity contribution in [3.8, 4) is 0 Å². The average Bonchev–Trinajstić information content (AvgIpc) is 2.29. The SMILES string of the molecule is CC1(CNC(=O)Cn2cc(Br)ccc2=O)COC1. The number of amides is 1. The molecule has 18 heavy (non-hydrogen) atoms. The minimum atomic E-state index is -0.188. The topological polar surface area (TPSA) is 60.3 Å². The molecule has 0 saturated carbocycles. The van der Waals surface area contributed by atoms with Crippen molar-refractivity contribution in [2.45, 2.75) is 13.5 Å². The lowest BCUT2D eigenvalue weighted by Crippen LogP contribution is -2.49. The Balaban J connectivity index is 1.90. The van der Waals surface area contributed by atoms with E-state index in [0.717, 1.165) is 4.47 Å². The van der Waals surface area contributed by atoms with Gasteiger partial charge in [0.25, 0.3) is 5.56 Å². The molecule has 1 aliphatic rings. The highest BCUT2D eigenvalue weighted by Gasteiger charge is 2.33. The van der Waals surface area contributed by atoms with Gasteiger partial charge in [0, 0.05) is 28.7 Å². The van der Waals surface area contributed by atoms with E-state index in [-0.39, 0.29) is 23.4 Å². The van der Waals surface area contributed by atoms with Crippen LogP contribution in [0.3, 0.4) is 0 Å². The number of carbonyl (C=O) groups is 1. The molecule has 98 valence electrons. The molecule has 0 unspecified atom stereocenters. The molecule has 1 saturated heterocycles. The third-order valence-electron chi connectivity index (χ3n) is 2.87. The summed E-state index contributed by atoms with van der Waals surface area (Å²) < 4.78 is 7.26. The number of hydrogen-bond acceptors (Lipinski definition) is 3. The Morgan fingerprint density at radius 1 is 1.56 bits per heavy atom. The Labute approximate surface area is 113 Å². The molecule has 1 N–H and O–H groups in total. The maximum atomic E-state index is 11.7. The molecule has 6 heteroatoms. The fourth-order valence-electron chi connectivity index (χ4n) is 1.70. The predicted molar refractivity (Wildman–Crippen MR) is 70.3 cm³/mol. The van der Waals surface area contributed by atoms with E-state index in [1.807, 2.05) is 0 Å². The highest BCUT2D eigenvalue weighted by molar-refractivity contribution is 9.10. The van der Waals surface area contributed by atoms with E-state index >= 15 is 0 Å². The van der Waals surface area contributed by atoms with E-state index in [2.05, 4.69) is 28.2 Å². The quantitative estimate of drug-likeness (QED) is 0.892. The number of pyridine rings is 1. The second-order valence-electron chi connectivity index (χ2n) is 4.89. The van der Waals surface area contributed by atoms with Gasteiger partial charge in [0.2, 0.25) is 5.91 Å². The Kier molecular flexibility index (Phi) is 3.87. The first kappa shape index (κ1) is 13.3. The van der Waals surface area contributed by atoms with Crippen molar-refractivity contribution in [1.29, 1.82) is 0 Å². The van der Waals surface area contributed by atoms with E-state index in [9.17, 15) is 9.59 Å². The summed E-state index contributed by atoms with van der Waals surface area (Å²) in [5.74, 6) is -0.164. The standard InChI is InChI=1S/C12H15BrN2O3/c1-12(7-18-8-12)6-14-10(16)5-15-4-9(13)2-3-11(15)17/h2-4H,5-8H2,1H3,(H,14,16). The van der Waals surface area contributed by atoms with Crippen molar-refractivity contribution in [3.63, 3.8) is 0 Å². The van der Waals surface area contributed by atoms with Crippen molar-refractivity contribution in [1.82, 2.24) is 9.88 Å². The van der Waals surface area contributed by atoms with Crippen LogP contribution in [0.25, 0.3) is 0 Å². The first-order valence-electron chi connectivity index (χ1n) is 5.69. The zero-order valence-corrected chi connectivity index (χ0v) is 11.7. The van der Waals surface area contributed by atoms with Crippen molar-refractivity contribution in [3.05, 3.63) is 33.2 Å². The van der Waals surface area contributed by atoms with Crippen LogP contribution in [0.5, 0.6) is 0 Å². The fourth-order valence-corrected chi connectivity index (χ4v) is 2.08. The van der Waals surface area contributed by atoms with Gasteiger partial charge in [0.15, 0.2) is 0 Å². The lowest BCUT2D eigenvalue weighted by atomic mass is 9.89. The maximum Gasteiger partial charge on any atom is 0.251 e. The summed E-state index contributed by atoms with van der Waals surface area (Å²) in [6, 6.07) is 3.09. The molecular formula is C12H15BrN2O3. The lowest BCUT2D eigenvalue weighted by Gasteiger charge is -2.38. The maximum absolute atomic E-state index is 11.7. The Hall–Kier alpha value is -1.14. The summed E-state index contributed by atoms with van der Waals surface area (Å²) in [6.07, 6.45) is 1.61. The first-order chi connectivity index (χ1) is 8.48. The average molecular weight is 315 g/mol. The highest BCUT2D eigenvalue weighted by atomic mass is 79.9. The zero-order chi connectivity index (χ0) is 13.2. The van der Waals surface area contributed by atoms with Gasteiger partial charge < -0.3 is 14.6 Å². The zero-order valence-electron chi connectivity index (χ0n) is 10.1. The second kappa shape index (κ2) is 5.24. The van der Waals surface area contributed by atoms with Crippen LogP contribution < -0.4 is 10.9 Å². The number of nitrogens with one attached hydrogen (secondary N) is 1. The summed E-state index contributed by atoms with van der Waals surface area (Å²) in [6.45, 7) is 4.01. The van der Waals surface area contributed by atoms with Crippen LogP contribution in [0.2, 0.25) is 0 Å². The molecule has 0 spiro atoms. The van der Waals surface area contributed by atoms with Crippen molar-refractivity contribution in [2.75, 3.05) is 19.8 Å². The normalized spacial score (nSPS) is 17.0. The van der Waals surface area contributed by atoms with Gasteiger partial charge >= 0.3 is 0 Å². The van der Waals surface area contributed by atoms with Crippen LogP contribution in [0.15, 0.2) is 27.6 Å². The van der Waals surface area contributed by atoms with Crippen LogP contribution in [0.4, 0.5) is 0 Å². The molecule has 2 heterocycles. The molecular weight excluding hydrogens is 300 g/mol. The largest absolute Gasteiger partial charge is 0.380 e. The molecule has 0 radical (unpaired) electrons. The number of hydrogen-bond donors (Lipinski definition) is 1. The number of ether oxygens (including phenoxy) is 1. The van der Waals surface area contributed by atoms with Gasteiger partial charge in [-0.1, -0.05) is 6.92 Å². The van der Waals surface area contributed by atoms with Gasteiger partial charge in [-0.3, -0.25) is 9.59 Å². The van der Waals surface area contributed by atoms with Gasteiger partial charge in [-0.05, 0) is 22.0 Å². The number of halogens is 1. The van der Waals surface area contributed by atoms with Gasteiger partial charge in [0.05, 0.1) is 13.2 Å². The van der Waals surface area contributed by atoms with Crippen molar-refractivity contribution < 1.29 is 9.53 Å². The van der Waals surface area contributed by atoms with Crippen LogP contribution >= 0.6 is 15.9 Å². The molecule has 1 fully saturated rings. The van der Waals surface area contributed by atoms with Gasteiger partial charge in [-0.25, -0.2) is 0 Å². The second-order valence-corrected chi connectivity index (χ2v) is 5.81. The highest BCUT2D eigenvalue weighted by Crippen LogP contribution is 2.24. The minimum absolute atomic E-state index is 0.0369. The van der Waals surface area contributed by atoms with E-state index in [0.29, 0.717) is 19.8 Å². The van der Waals surface area contributed by atoms with Gasteiger partial charge in [-0.2, -0.15) is 0 Å². The van der Waals surface area contributed by atoms with Crippen LogP contribution in [-0.2, 0) is 16.1 Å². The molecule has 0 atom stereocenters. The molecule has 1 aromatic heterocycles. The monoisotopic (exact) mass is 314 g/mol.